The molecular weight excluding hydrogens is 324 g/mol. The van der Waals surface area contributed by atoms with Crippen LogP contribution in [0.4, 0.5) is 5.69 Å². The molecule has 2 heterocycles. The average molecular weight is 336 g/mol. The molecule has 1 amide bonds. The Balaban J connectivity index is 1.74. The van der Waals surface area contributed by atoms with E-state index in [0.717, 1.165) is 5.01 Å². The molecule has 0 unspecified atom stereocenters. The highest BCUT2D eigenvalue weighted by Crippen LogP contribution is 2.33. The number of ether oxygens (including phenoxy) is 2. The van der Waals surface area contributed by atoms with E-state index in [4.69, 9.17) is 9.47 Å². The fourth-order valence-electron chi connectivity index (χ4n) is 2.62. The number of benzene rings is 2. The van der Waals surface area contributed by atoms with Crippen LogP contribution in [-0.4, -0.2) is 29.5 Å². The molecule has 1 N–H and O–H groups in total. The van der Waals surface area contributed by atoms with E-state index in [-0.39, 0.29) is 18.1 Å². The number of carboxylic acids is 1. The maximum Gasteiger partial charge on any atom is 0.357 e. The summed E-state index contributed by atoms with van der Waals surface area (Å²) in [6.07, 6.45) is 1.49. The molecule has 2 aliphatic heterocycles. The maximum absolute atomic E-state index is 12.7. The van der Waals surface area contributed by atoms with E-state index < -0.39 is 11.9 Å². The van der Waals surface area contributed by atoms with Crippen molar-refractivity contribution in [2.45, 2.75) is 0 Å². The van der Waals surface area contributed by atoms with Gasteiger partial charge in [-0.15, -0.1) is 0 Å². The molecule has 7 nitrogen and oxygen atoms in total. The van der Waals surface area contributed by atoms with Crippen molar-refractivity contribution in [1.29, 1.82) is 0 Å². The van der Waals surface area contributed by atoms with E-state index in [2.05, 4.69) is 5.10 Å². The zero-order chi connectivity index (χ0) is 17.4. The third kappa shape index (κ3) is 2.61. The van der Waals surface area contributed by atoms with Crippen LogP contribution < -0.4 is 14.5 Å². The van der Waals surface area contributed by atoms with Crippen molar-refractivity contribution in [3.05, 3.63) is 59.7 Å². The Morgan fingerprint density at radius 1 is 1.12 bits per heavy atom. The summed E-state index contributed by atoms with van der Waals surface area (Å²) >= 11 is 0. The molecule has 0 aromatic heterocycles. The minimum Gasteiger partial charge on any atom is -0.476 e. The van der Waals surface area contributed by atoms with Crippen molar-refractivity contribution in [1.82, 2.24) is 0 Å². The quantitative estimate of drug-likeness (QED) is 0.869. The molecule has 0 bridgehead atoms. The zero-order valence-electron chi connectivity index (χ0n) is 12.9. The molecule has 0 aliphatic carbocycles. The van der Waals surface area contributed by atoms with Gasteiger partial charge in [0.2, 0.25) is 6.79 Å². The highest BCUT2D eigenvalue weighted by Gasteiger charge is 2.35. The summed E-state index contributed by atoms with van der Waals surface area (Å²) in [4.78, 5) is 24.2. The predicted octanol–water partition coefficient (Wildman–Crippen LogP) is 2.29. The van der Waals surface area contributed by atoms with Crippen molar-refractivity contribution in [2.24, 2.45) is 5.10 Å². The second-order valence-electron chi connectivity index (χ2n) is 5.38. The average Bonchev–Trinajstić information content (AvgIpc) is 3.21. The van der Waals surface area contributed by atoms with Gasteiger partial charge in [-0.25, -0.2) is 4.79 Å². The topological polar surface area (TPSA) is 88.4 Å². The summed E-state index contributed by atoms with van der Waals surface area (Å²) < 4.78 is 10.5. The second-order valence-corrected chi connectivity index (χ2v) is 5.38. The maximum atomic E-state index is 12.7. The van der Waals surface area contributed by atoms with Gasteiger partial charge in [-0.05, 0) is 35.9 Å². The summed E-state index contributed by atoms with van der Waals surface area (Å²) in [5.41, 5.74) is 0.832. The standard InChI is InChI=1S/C18H12N2O5/c21-17-13(8-11-6-7-14-15(9-11)25-10-24-14)16(18(22)23)19-20(17)12-4-2-1-3-5-12/h1-9H,10H2,(H,22,23). The van der Waals surface area contributed by atoms with Crippen molar-refractivity contribution >= 4 is 29.4 Å². The fourth-order valence-corrected chi connectivity index (χ4v) is 2.62. The lowest BCUT2D eigenvalue weighted by Gasteiger charge is -2.10. The van der Waals surface area contributed by atoms with E-state index in [1.165, 1.54) is 6.08 Å². The van der Waals surface area contributed by atoms with Crippen LogP contribution in [0.2, 0.25) is 0 Å². The van der Waals surface area contributed by atoms with Gasteiger partial charge in [0.15, 0.2) is 17.2 Å². The number of carboxylic acid groups (broad SMARTS) is 1. The summed E-state index contributed by atoms with van der Waals surface area (Å²) in [6, 6.07) is 13.8. The summed E-state index contributed by atoms with van der Waals surface area (Å²) in [6.45, 7) is 0.137. The van der Waals surface area contributed by atoms with Gasteiger partial charge in [0.25, 0.3) is 5.91 Å². The van der Waals surface area contributed by atoms with Gasteiger partial charge in [0.05, 0.1) is 11.3 Å². The van der Waals surface area contributed by atoms with Crippen LogP contribution in [0.1, 0.15) is 5.56 Å². The van der Waals surface area contributed by atoms with Crippen LogP contribution in [-0.2, 0) is 9.59 Å². The number of hydrazone groups is 1. The Hall–Kier alpha value is -3.61. The highest BCUT2D eigenvalue weighted by atomic mass is 16.7. The van der Waals surface area contributed by atoms with E-state index in [1.54, 1.807) is 48.5 Å². The van der Waals surface area contributed by atoms with Crippen molar-refractivity contribution in [2.75, 3.05) is 11.8 Å². The first-order valence-electron chi connectivity index (χ1n) is 7.46. The van der Waals surface area contributed by atoms with Crippen LogP contribution in [0.5, 0.6) is 11.5 Å². The summed E-state index contributed by atoms with van der Waals surface area (Å²) in [5.74, 6) is -0.605. The number of nitrogens with zero attached hydrogens (tertiary/aromatic N) is 2. The first-order valence-corrected chi connectivity index (χ1v) is 7.46. The van der Waals surface area contributed by atoms with Gasteiger partial charge in [-0.2, -0.15) is 10.1 Å². The first-order chi connectivity index (χ1) is 12.1. The minimum atomic E-state index is -1.27. The Kier molecular flexibility index (Phi) is 3.46. The predicted molar refractivity (Wildman–Crippen MR) is 89.5 cm³/mol. The molecule has 0 atom stereocenters. The van der Waals surface area contributed by atoms with Crippen LogP contribution in [0.3, 0.4) is 0 Å². The van der Waals surface area contributed by atoms with Crippen LogP contribution in [0.15, 0.2) is 59.2 Å². The van der Waals surface area contributed by atoms with Gasteiger partial charge in [-0.1, -0.05) is 24.3 Å². The van der Waals surface area contributed by atoms with E-state index in [9.17, 15) is 14.7 Å². The van der Waals surface area contributed by atoms with Crippen LogP contribution in [0.25, 0.3) is 6.08 Å². The largest absolute Gasteiger partial charge is 0.476 e. The lowest BCUT2D eigenvalue weighted by atomic mass is 10.1. The van der Waals surface area contributed by atoms with Crippen LogP contribution in [0, 0.1) is 0 Å². The fraction of sp³-hybridized carbons (Fsp3) is 0.0556. The smallest absolute Gasteiger partial charge is 0.357 e. The summed E-state index contributed by atoms with van der Waals surface area (Å²) in [7, 11) is 0. The molecule has 0 fully saturated rings. The molecule has 0 spiro atoms. The van der Waals surface area contributed by atoms with Gasteiger partial charge >= 0.3 is 5.97 Å². The molecule has 2 aliphatic rings. The number of rotatable bonds is 3. The molecule has 0 saturated heterocycles. The van der Waals surface area contributed by atoms with Gasteiger partial charge in [0, 0.05) is 0 Å². The molecule has 0 saturated carbocycles. The van der Waals surface area contributed by atoms with Crippen molar-refractivity contribution in [3.63, 3.8) is 0 Å². The lowest BCUT2D eigenvalue weighted by molar-refractivity contribution is -0.129. The number of carbonyl (C=O) groups is 2. The second kappa shape index (κ2) is 5.79. The number of aliphatic carboxylic acids is 1. The van der Waals surface area contributed by atoms with Crippen molar-refractivity contribution in [3.8, 4) is 11.5 Å². The molecule has 0 radical (unpaired) electrons. The number of amides is 1. The molecule has 2 aromatic rings. The van der Waals surface area contributed by atoms with Gasteiger partial charge < -0.3 is 14.6 Å². The van der Waals surface area contributed by atoms with E-state index >= 15 is 0 Å². The normalized spacial score (nSPS) is 17.1. The number of fused-ring (bicyclic) bond motifs is 1. The summed E-state index contributed by atoms with van der Waals surface area (Å²) in [5, 5.41) is 14.5. The Morgan fingerprint density at radius 2 is 1.88 bits per heavy atom. The third-order valence-electron chi connectivity index (χ3n) is 3.79. The Bertz CT molecular complexity index is 934. The highest BCUT2D eigenvalue weighted by molar-refractivity contribution is 6.53. The third-order valence-corrected chi connectivity index (χ3v) is 3.79. The number of hydrogen-bond acceptors (Lipinski definition) is 5. The minimum absolute atomic E-state index is 0.00946. The molecule has 4 rings (SSSR count). The van der Waals surface area contributed by atoms with E-state index in [1.807, 2.05) is 0 Å². The lowest BCUT2D eigenvalue weighted by Crippen LogP contribution is -2.22. The Morgan fingerprint density at radius 3 is 2.64 bits per heavy atom. The number of carbonyl (C=O) groups excluding carboxylic acids is 1. The van der Waals surface area contributed by atoms with Gasteiger partial charge in [0.1, 0.15) is 0 Å². The van der Waals surface area contributed by atoms with Crippen LogP contribution >= 0.6 is 0 Å². The molecule has 25 heavy (non-hydrogen) atoms. The monoisotopic (exact) mass is 336 g/mol. The first kappa shape index (κ1) is 14.9. The SMILES string of the molecule is O=C(O)C1=NN(c2ccccc2)C(=O)C1=Cc1ccc2c(c1)OCO2. The number of anilines is 1. The van der Waals surface area contributed by atoms with E-state index in [0.29, 0.717) is 22.7 Å². The Labute approximate surface area is 142 Å². The number of hydrogen-bond donors (Lipinski definition) is 1. The number of para-hydroxylation sites is 1. The molecular formula is C18H12N2O5. The zero-order valence-corrected chi connectivity index (χ0v) is 12.9. The molecule has 124 valence electrons. The molecule has 2 aromatic carbocycles. The van der Waals surface area contributed by atoms with Crippen molar-refractivity contribution < 1.29 is 24.2 Å². The molecule has 7 heteroatoms. The van der Waals surface area contributed by atoms with Gasteiger partial charge in [-0.3, -0.25) is 4.79 Å².